The Morgan fingerprint density at radius 1 is 0.960 bits per heavy atom. The maximum absolute atomic E-state index is 12.7. The topological polar surface area (TPSA) is 42.0 Å². The number of aromatic nitrogens is 1. The molecule has 0 aliphatic rings. The van der Waals surface area contributed by atoms with Gasteiger partial charge in [-0.2, -0.15) is 26.3 Å². The van der Waals surface area contributed by atoms with Crippen LogP contribution in [-0.2, 0) is 17.1 Å². The molecule has 0 fully saturated rings. The van der Waals surface area contributed by atoms with E-state index in [2.05, 4.69) is 10.3 Å². The third-order valence-corrected chi connectivity index (χ3v) is 2.95. The highest BCUT2D eigenvalue weighted by Gasteiger charge is 2.36. The number of rotatable bonds is 3. The van der Waals surface area contributed by atoms with E-state index in [0.717, 1.165) is 12.2 Å². The van der Waals surface area contributed by atoms with Crippen LogP contribution in [0.3, 0.4) is 0 Å². The zero-order chi connectivity index (χ0) is 18.7. The van der Waals surface area contributed by atoms with Crippen molar-refractivity contribution in [3.8, 4) is 0 Å². The minimum absolute atomic E-state index is 0.0191. The van der Waals surface area contributed by atoms with Gasteiger partial charge in [0.15, 0.2) is 0 Å². The number of carbonyl (C=O) groups excluding carboxylic acids is 1. The molecule has 0 saturated carbocycles. The predicted molar refractivity (Wildman–Crippen MR) is 78.3 cm³/mol. The van der Waals surface area contributed by atoms with E-state index in [9.17, 15) is 31.1 Å². The Morgan fingerprint density at radius 3 is 2.04 bits per heavy atom. The standard InChI is InChI=1S/C16H10F6N2O/c17-15(18,19)11-7-10(8-12(9-11)16(20,21)22)4-5-14(25)24-13-3-1-2-6-23-13/h1-9H,(H,23,24,25)/b5-4+. The number of pyridine rings is 1. The molecule has 25 heavy (non-hydrogen) atoms. The number of hydrogen-bond donors (Lipinski definition) is 1. The molecule has 1 aromatic heterocycles. The molecule has 0 saturated heterocycles. The molecule has 0 bridgehead atoms. The van der Waals surface area contributed by atoms with Gasteiger partial charge in [0, 0.05) is 12.3 Å². The van der Waals surface area contributed by atoms with Gasteiger partial charge in [0.05, 0.1) is 11.1 Å². The van der Waals surface area contributed by atoms with Crippen LogP contribution in [0.15, 0.2) is 48.7 Å². The number of halogens is 6. The second-order valence-electron chi connectivity index (χ2n) is 4.88. The van der Waals surface area contributed by atoms with Crippen molar-refractivity contribution in [2.45, 2.75) is 12.4 Å². The molecule has 0 spiro atoms. The van der Waals surface area contributed by atoms with Gasteiger partial charge in [-0.15, -0.1) is 0 Å². The lowest BCUT2D eigenvalue weighted by atomic mass is 10.0. The van der Waals surface area contributed by atoms with Crippen LogP contribution in [0.5, 0.6) is 0 Å². The van der Waals surface area contributed by atoms with Crippen molar-refractivity contribution >= 4 is 17.8 Å². The summed E-state index contributed by atoms with van der Waals surface area (Å²) < 4.78 is 76.5. The molecule has 132 valence electrons. The lowest BCUT2D eigenvalue weighted by Gasteiger charge is -2.12. The zero-order valence-electron chi connectivity index (χ0n) is 12.3. The van der Waals surface area contributed by atoms with Crippen LogP contribution >= 0.6 is 0 Å². The minimum Gasteiger partial charge on any atom is -0.307 e. The third-order valence-electron chi connectivity index (χ3n) is 2.95. The van der Waals surface area contributed by atoms with Crippen molar-refractivity contribution in [3.63, 3.8) is 0 Å². The molecule has 0 radical (unpaired) electrons. The maximum Gasteiger partial charge on any atom is 0.416 e. The predicted octanol–water partition coefficient (Wildman–Crippen LogP) is 4.77. The Bertz CT molecular complexity index is 749. The van der Waals surface area contributed by atoms with Crippen molar-refractivity contribution in [3.05, 3.63) is 65.4 Å². The molecule has 9 heteroatoms. The number of carbonyl (C=O) groups is 1. The van der Waals surface area contributed by atoms with Gasteiger partial charge in [-0.1, -0.05) is 6.07 Å². The summed E-state index contributed by atoms with van der Waals surface area (Å²) >= 11 is 0. The van der Waals surface area contributed by atoms with Crippen molar-refractivity contribution in [1.29, 1.82) is 0 Å². The second kappa shape index (κ2) is 6.96. The van der Waals surface area contributed by atoms with Crippen LogP contribution in [0.25, 0.3) is 6.08 Å². The number of nitrogens with zero attached hydrogens (tertiary/aromatic N) is 1. The lowest BCUT2D eigenvalue weighted by Crippen LogP contribution is -2.11. The first-order valence-electron chi connectivity index (χ1n) is 6.75. The van der Waals surface area contributed by atoms with Gasteiger partial charge in [0.1, 0.15) is 5.82 Å². The first-order valence-corrected chi connectivity index (χ1v) is 6.75. The molecule has 3 nitrogen and oxygen atoms in total. The van der Waals surface area contributed by atoms with E-state index in [4.69, 9.17) is 0 Å². The van der Waals surface area contributed by atoms with Gasteiger partial charge >= 0.3 is 12.4 Å². The zero-order valence-corrected chi connectivity index (χ0v) is 12.3. The molecule has 0 aliphatic carbocycles. The molecular formula is C16H10F6N2O. The Labute approximate surface area is 138 Å². The molecule has 2 rings (SSSR count). The summed E-state index contributed by atoms with van der Waals surface area (Å²) in [5.41, 5.74) is -3.31. The van der Waals surface area contributed by atoms with Crippen molar-refractivity contribution < 1.29 is 31.1 Å². The maximum atomic E-state index is 12.7. The first kappa shape index (κ1) is 18.5. The van der Waals surface area contributed by atoms with E-state index in [-0.39, 0.29) is 11.9 Å². The van der Waals surface area contributed by atoms with E-state index in [1.807, 2.05) is 0 Å². The van der Waals surface area contributed by atoms with Gasteiger partial charge in [-0.05, 0) is 42.0 Å². The van der Waals surface area contributed by atoms with Gasteiger partial charge < -0.3 is 5.32 Å². The van der Waals surface area contributed by atoms with Crippen LogP contribution in [0.1, 0.15) is 16.7 Å². The molecule has 1 heterocycles. The highest BCUT2D eigenvalue weighted by atomic mass is 19.4. The highest BCUT2D eigenvalue weighted by Crippen LogP contribution is 2.36. The number of nitrogens with one attached hydrogen (secondary N) is 1. The van der Waals surface area contributed by atoms with Gasteiger partial charge in [-0.3, -0.25) is 4.79 Å². The smallest absolute Gasteiger partial charge is 0.307 e. The van der Waals surface area contributed by atoms with Crippen LogP contribution in [0.2, 0.25) is 0 Å². The number of anilines is 1. The Balaban J connectivity index is 2.27. The summed E-state index contributed by atoms with van der Waals surface area (Å²) in [5, 5.41) is 2.32. The highest BCUT2D eigenvalue weighted by molar-refractivity contribution is 6.01. The third kappa shape index (κ3) is 5.33. The average molecular weight is 360 g/mol. The summed E-state index contributed by atoms with van der Waals surface area (Å²) in [7, 11) is 0. The van der Waals surface area contributed by atoms with E-state index < -0.39 is 35.0 Å². The molecule has 1 amide bonds. The molecule has 1 aromatic carbocycles. The summed E-state index contributed by atoms with van der Waals surface area (Å²) in [6, 6.07) is 5.74. The minimum atomic E-state index is -4.94. The Hall–Kier alpha value is -2.84. The summed E-state index contributed by atoms with van der Waals surface area (Å²) in [6.45, 7) is 0. The second-order valence-corrected chi connectivity index (χ2v) is 4.88. The van der Waals surface area contributed by atoms with Crippen LogP contribution in [0, 0.1) is 0 Å². The SMILES string of the molecule is O=C(/C=C/c1cc(C(F)(F)F)cc(C(F)(F)F)c1)Nc1ccccn1. The number of alkyl halides is 6. The van der Waals surface area contributed by atoms with Crippen LogP contribution in [-0.4, -0.2) is 10.9 Å². The van der Waals surface area contributed by atoms with E-state index in [1.54, 1.807) is 12.1 Å². The van der Waals surface area contributed by atoms with Crippen LogP contribution in [0.4, 0.5) is 32.2 Å². The number of amides is 1. The fourth-order valence-corrected chi connectivity index (χ4v) is 1.85. The molecule has 1 N–H and O–H groups in total. The Morgan fingerprint density at radius 2 is 1.56 bits per heavy atom. The molecule has 0 atom stereocenters. The van der Waals surface area contributed by atoms with Gasteiger partial charge in [0.2, 0.25) is 5.91 Å². The largest absolute Gasteiger partial charge is 0.416 e. The fourth-order valence-electron chi connectivity index (χ4n) is 1.85. The average Bonchev–Trinajstić information content (AvgIpc) is 2.52. The van der Waals surface area contributed by atoms with Gasteiger partial charge in [-0.25, -0.2) is 4.98 Å². The van der Waals surface area contributed by atoms with E-state index >= 15 is 0 Å². The molecule has 2 aromatic rings. The van der Waals surface area contributed by atoms with E-state index in [0.29, 0.717) is 12.1 Å². The summed E-state index contributed by atoms with van der Waals surface area (Å²) in [6.07, 6.45) is -6.80. The monoisotopic (exact) mass is 360 g/mol. The summed E-state index contributed by atoms with van der Waals surface area (Å²) in [5.74, 6) is -0.554. The number of benzene rings is 1. The first-order chi connectivity index (χ1) is 11.6. The van der Waals surface area contributed by atoms with Crippen molar-refractivity contribution in [2.24, 2.45) is 0 Å². The fraction of sp³-hybridized carbons (Fsp3) is 0.125. The molecule has 0 unspecified atom stereocenters. The Kier molecular flexibility index (Phi) is 5.15. The molecular weight excluding hydrogens is 350 g/mol. The number of hydrogen-bond acceptors (Lipinski definition) is 2. The van der Waals surface area contributed by atoms with Crippen molar-refractivity contribution in [2.75, 3.05) is 5.32 Å². The van der Waals surface area contributed by atoms with Crippen LogP contribution < -0.4 is 5.32 Å². The quantitative estimate of drug-likeness (QED) is 0.633. The lowest BCUT2D eigenvalue weighted by molar-refractivity contribution is -0.143. The summed E-state index contributed by atoms with van der Waals surface area (Å²) in [4.78, 5) is 15.5. The van der Waals surface area contributed by atoms with E-state index in [1.165, 1.54) is 12.3 Å². The molecule has 0 aliphatic heterocycles. The normalized spacial score (nSPS) is 12.4. The van der Waals surface area contributed by atoms with Gasteiger partial charge in [0.25, 0.3) is 0 Å². The van der Waals surface area contributed by atoms with Crippen molar-refractivity contribution in [1.82, 2.24) is 4.98 Å².